The lowest BCUT2D eigenvalue weighted by atomic mass is 10.1. The van der Waals surface area contributed by atoms with Gasteiger partial charge in [-0.2, -0.15) is 5.10 Å². The third-order valence-electron chi connectivity index (χ3n) is 4.38. The minimum absolute atomic E-state index is 0.0899. The molecule has 0 aliphatic heterocycles. The summed E-state index contributed by atoms with van der Waals surface area (Å²) in [4.78, 5) is 14.5. The van der Waals surface area contributed by atoms with Gasteiger partial charge < -0.3 is 10.6 Å². The summed E-state index contributed by atoms with van der Waals surface area (Å²) in [6.45, 7) is 6.74. The van der Waals surface area contributed by atoms with Gasteiger partial charge in [-0.3, -0.25) is 19.8 Å². The zero-order valence-electron chi connectivity index (χ0n) is 15.9. The molecule has 1 aromatic heterocycles. The van der Waals surface area contributed by atoms with E-state index in [9.17, 15) is 10.1 Å². The van der Waals surface area contributed by atoms with E-state index >= 15 is 0 Å². The summed E-state index contributed by atoms with van der Waals surface area (Å²) in [5, 5.41) is 21.8. The van der Waals surface area contributed by atoms with Crippen LogP contribution in [0.5, 0.6) is 0 Å². The van der Waals surface area contributed by atoms with Crippen LogP contribution in [0.2, 0.25) is 0 Å². The molecule has 0 bridgehead atoms. The van der Waals surface area contributed by atoms with Crippen LogP contribution in [-0.4, -0.2) is 33.8 Å². The summed E-state index contributed by atoms with van der Waals surface area (Å²) in [5.74, 6) is 0.690. The van der Waals surface area contributed by atoms with E-state index in [0.29, 0.717) is 12.5 Å². The van der Waals surface area contributed by atoms with Crippen LogP contribution in [0.3, 0.4) is 0 Å². The maximum atomic E-state index is 10.7. The molecule has 1 aromatic carbocycles. The van der Waals surface area contributed by atoms with Crippen molar-refractivity contribution < 1.29 is 4.92 Å². The molecule has 0 aliphatic rings. The topological polar surface area (TPSA) is 97.4 Å². The Balaban J connectivity index is 1.91. The molecule has 0 saturated heterocycles. The Morgan fingerprint density at radius 1 is 1.35 bits per heavy atom. The number of nitro groups is 1. The average Bonchev–Trinajstić information content (AvgIpc) is 2.85. The molecule has 1 atom stereocenters. The average molecular weight is 358 g/mol. The predicted octanol–water partition coefficient (Wildman–Crippen LogP) is 2.24. The summed E-state index contributed by atoms with van der Waals surface area (Å²) in [5.41, 5.74) is 4.51. The van der Waals surface area contributed by atoms with E-state index in [2.05, 4.69) is 34.6 Å². The molecule has 26 heavy (non-hydrogen) atoms. The number of aryl methyl sites for hydroxylation is 2. The number of rotatable bonds is 6. The first kappa shape index (κ1) is 19.4. The number of hydrogen-bond acceptors (Lipinski definition) is 4. The number of benzene rings is 1. The van der Waals surface area contributed by atoms with E-state index in [4.69, 9.17) is 0 Å². The molecule has 0 saturated carbocycles. The molecular weight excluding hydrogens is 332 g/mol. The number of nitrogens with zero attached hydrogens (tertiary/aromatic N) is 4. The van der Waals surface area contributed by atoms with Gasteiger partial charge in [0.15, 0.2) is 5.96 Å². The quantitative estimate of drug-likeness (QED) is 0.357. The fourth-order valence-electron chi connectivity index (χ4n) is 2.82. The van der Waals surface area contributed by atoms with Crippen LogP contribution in [0.25, 0.3) is 0 Å². The zero-order chi connectivity index (χ0) is 19.3. The number of non-ortho nitro benzene ring substituents is 1. The van der Waals surface area contributed by atoms with E-state index < -0.39 is 4.92 Å². The summed E-state index contributed by atoms with van der Waals surface area (Å²) >= 11 is 0. The summed E-state index contributed by atoms with van der Waals surface area (Å²) in [7, 11) is 3.67. The maximum Gasteiger partial charge on any atom is 0.269 e. The van der Waals surface area contributed by atoms with Crippen LogP contribution >= 0.6 is 0 Å². The lowest BCUT2D eigenvalue weighted by Gasteiger charge is -2.18. The Bertz CT molecular complexity index is 795. The molecule has 1 heterocycles. The van der Waals surface area contributed by atoms with Gasteiger partial charge in [-0.15, -0.1) is 0 Å². The molecule has 0 radical (unpaired) electrons. The lowest BCUT2D eigenvalue weighted by molar-refractivity contribution is -0.384. The largest absolute Gasteiger partial charge is 0.354 e. The molecule has 8 nitrogen and oxygen atoms in total. The number of nitrogens with one attached hydrogen (secondary N) is 2. The first-order valence-electron chi connectivity index (χ1n) is 8.51. The molecule has 2 N–H and O–H groups in total. The van der Waals surface area contributed by atoms with Crippen molar-refractivity contribution in [2.24, 2.45) is 12.0 Å². The standard InChI is InChI=1S/C18H26N6O2/c1-12(10-17-13(2)22-23(5)14(17)3)21-18(19-4)20-11-15-6-8-16(9-7-15)24(25)26/h6-9,12H,10-11H2,1-5H3,(H2,19,20,21). The molecular formula is C18H26N6O2. The minimum Gasteiger partial charge on any atom is -0.354 e. The van der Waals surface area contributed by atoms with Crippen molar-refractivity contribution in [2.75, 3.05) is 7.05 Å². The first-order valence-corrected chi connectivity index (χ1v) is 8.51. The van der Waals surface area contributed by atoms with Crippen LogP contribution in [0.1, 0.15) is 29.4 Å². The third kappa shape index (κ3) is 4.81. The van der Waals surface area contributed by atoms with Gasteiger partial charge in [0.1, 0.15) is 0 Å². The van der Waals surface area contributed by atoms with Gasteiger partial charge >= 0.3 is 0 Å². The number of aromatic nitrogens is 2. The van der Waals surface area contributed by atoms with Crippen LogP contribution < -0.4 is 10.6 Å². The normalized spacial score (nSPS) is 12.7. The molecule has 2 aromatic rings. The Morgan fingerprint density at radius 3 is 2.50 bits per heavy atom. The number of guanidine groups is 1. The fraction of sp³-hybridized carbons (Fsp3) is 0.444. The molecule has 0 aliphatic carbocycles. The van der Waals surface area contributed by atoms with E-state index in [1.165, 1.54) is 23.4 Å². The van der Waals surface area contributed by atoms with Crippen LogP contribution in [-0.2, 0) is 20.0 Å². The fourth-order valence-corrected chi connectivity index (χ4v) is 2.82. The zero-order valence-corrected chi connectivity index (χ0v) is 15.9. The molecule has 8 heteroatoms. The Hall–Kier alpha value is -2.90. The molecule has 0 spiro atoms. The van der Waals surface area contributed by atoms with Crippen LogP contribution in [0.4, 0.5) is 5.69 Å². The van der Waals surface area contributed by atoms with Crippen molar-refractivity contribution in [1.82, 2.24) is 20.4 Å². The number of hydrogen-bond donors (Lipinski definition) is 2. The highest BCUT2D eigenvalue weighted by molar-refractivity contribution is 5.79. The van der Waals surface area contributed by atoms with Gasteiger partial charge in [-0.05, 0) is 38.3 Å². The van der Waals surface area contributed by atoms with Gasteiger partial charge in [0.2, 0.25) is 0 Å². The number of aliphatic imine (C=N–C) groups is 1. The second-order valence-electron chi connectivity index (χ2n) is 6.37. The second kappa shape index (κ2) is 8.46. The van der Waals surface area contributed by atoms with Crippen molar-refractivity contribution in [3.8, 4) is 0 Å². The van der Waals surface area contributed by atoms with Crippen molar-refractivity contribution in [3.63, 3.8) is 0 Å². The Morgan fingerprint density at radius 2 is 2.00 bits per heavy atom. The highest BCUT2D eigenvalue weighted by Gasteiger charge is 2.14. The van der Waals surface area contributed by atoms with Gasteiger partial charge in [-0.25, -0.2) is 0 Å². The van der Waals surface area contributed by atoms with E-state index in [0.717, 1.165) is 17.7 Å². The van der Waals surface area contributed by atoms with Crippen LogP contribution in [0.15, 0.2) is 29.3 Å². The van der Waals surface area contributed by atoms with Gasteiger partial charge in [0.25, 0.3) is 5.69 Å². The van der Waals surface area contributed by atoms with E-state index in [1.54, 1.807) is 19.2 Å². The summed E-state index contributed by atoms with van der Waals surface area (Å²) in [6.07, 6.45) is 0.851. The second-order valence-corrected chi connectivity index (χ2v) is 6.37. The van der Waals surface area contributed by atoms with E-state index in [-0.39, 0.29) is 11.7 Å². The SMILES string of the molecule is CN=C(NCc1ccc([N+](=O)[O-])cc1)NC(C)Cc1c(C)nn(C)c1C. The molecule has 2 rings (SSSR count). The van der Waals surface area contributed by atoms with Gasteiger partial charge in [-0.1, -0.05) is 12.1 Å². The Kier molecular flexibility index (Phi) is 6.32. The first-order chi connectivity index (χ1) is 12.3. The molecule has 1 unspecified atom stereocenters. The summed E-state index contributed by atoms with van der Waals surface area (Å²) in [6, 6.07) is 6.67. The third-order valence-corrected chi connectivity index (χ3v) is 4.38. The highest BCUT2D eigenvalue weighted by Crippen LogP contribution is 2.14. The smallest absolute Gasteiger partial charge is 0.269 e. The van der Waals surface area contributed by atoms with Crippen molar-refractivity contribution in [2.45, 2.75) is 39.8 Å². The molecule has 0 amide bonds. The van der Waals surface area contributed by atoms with Crippen molar-refractivity contribution in [3.05, 3.63) is 56.9 Å². The molecule has 0 fully saturated rings. The Labute approximate surface area is 153 Å². The maximum absolute atomic E-state index is 10.7. The summed E-state index contributed by atoms with van der Waals surface area (Å²) < 4.78 is 1.90. The molecule has 140 valence electrons. The lowest BCUT2D eigenvalue weighted by Crippen LogP contribution is -2.42. The van der Waals surface area contributed by atoms with Gasteiger partial charge in [0.05, 0.1) is 10.6 Å². The monoisotopic (exact) mass is 358 g/mol. The van der Waals surface area contributed by atoms with E-state index in [1.807, 2.05) is 18.7 Å². The van der Waals surface area contributed by atoms with Crippen LogP contribution in [0, 0.1) is 24.0 Å². The minimum atomic E-state index is -0.401. The highest BCUT2D eigenvalue weighted by atomic mass is 16.6. The van der Waals surface area contributed by atoms with Gasteiger partial charge in [0, 0.05) is 44.5 Å². The van der Waals surface area contributed by atoms with Crippen molar-refractivity contribution >= 4 is 11.6 Å². The number of nitro benzene ring substituents is 1. The predicted molar refractivity (Wildman–Crippen MR) is 102 cm³/mol. The van der Waals surface area contributed by atoms with Crippen molar-refractivity contribution in [1.29, 1.82) is 0 Å².